The van der Waals surface area contributed by atoms with E-state index in [1.54, 1.807) is 6.33 Å². The average Bonchev–Trinajstić information content (AvgIpc) is 2.37. The maximum absolute atomic E-state index is 4.13. The van der Waals surface area contributed by atoms with Gasteiger partial charge in [-0.3, -0.25) is 0 Å². The van der Waals surface area contributed by atoms with Gasteiger partial charge in [0, 0.05) is 13.2 Å². The van der Waals surface area contributed by atoms with E-state index in [1.165, 1.54) is 0 Å². The first-order valence-corrected chi connectivity index (χ1v) is 3.60. The summed E-state index contributed by atoms with van der Waals surface area (Å²) in [5.41, 5.74) is 0.991. The Morgan fingerprint density at radius 2 is 2.27 bits per heavy atom. The van der Waals surface area contributed by atoms with E-state index in [9.17, 15) is 0 Å². The molecule has 58 valence electrons. The zero-order valence-corrected chi connectivity index (χ0v) is 6.86. The Balaban J connectivity index is 2.64. The van der Waals surface area contributed by atoms with Crippen molar-refractivity contribution < 1.29 is 0 Å². The molecular formula is C9H12N2. The van der Waals surface area contributed by atoms with E-state index in [0.29, 0.717) is 0 Å². The van der Waals surface area contributed by atoms with E-state index in [0.717, 1.165) is 5.69 Å². The molecule has 2 nitrogen and oxygen atoms in total. The van der Waals surface area contributed by atoms with Gasteiger partial charge in [-0.1, -0.05) is 18.2 Å². The standard InChI is InChI=1S/C9H12N2/c1-3-4-5-6-9-7-11(2)8-10-9/h3-8H,1-2H3/b4-3-,6-5-. The van der Waals surface area contributed by atoms with Crippen LogP contribution in [0.2, 0.25) is 0 Å². The molecule has 0 bridgehead atoms. The number of allylic oxidation sites excluding steroid dienone is 3. The molecule has 1 aromatic heterocycles. The summed E-state index contributed by atoms with van der Waals surface area (Å²) in [5, 5.41) is 0. The quantitative estimate of drug-likeness (QED) is 0.586. The molecule has 2 heteroatoms. The van der Waals surface area contributed by atoms with E-state index < -0.39 is 0 Å². The summed E-state index contributed by atoms with van der Waals surface area (Å²) < 4.78 is 1.93. The molecule has 0 fully saturated rings. The van der Waals surface area contributed by atoms with Crippen LogP contribution >= 0.6 is 0 Å². The Morgan fingerprint density at radius 3 is 2.82 bits per heavy atom. The molecule has 0 atom stereocenters. The number of aryl methyl sites for hydroxylation is 1. The fourth-order valence-electron chi connectivity index (χ4n) is 0.784. The molecule has 1 aromatic rings. The van der Waals surface area contributed by atoms with Gasteiger partial charge < -0.3 is 4.57 Å². The molecule has 0 aliphatic rings. The molecular weight excluding hydrogens is 136 g/mol. The van der Waals surface area contributed by atoms with E-state index in [2.05, 4.69) is 4.98 Å². The number of hydrogen-bond donors (Lipinski definition) is 0. The lowest BCUT2D eigenvalue weighted by Gasteiger charge is -1.80. The van der Waals surface area contributed by atoms with E-state index in [4.69, 9.17) is 0 Å². The first-order chi connectivity index (χ1) is 5.33. The van der Waals surface area contributed by atoms with Crippen LogP contribution in [0.15, 0.2) is 30.8 Å². The third-order valence-corrected chi connectivity index (χ3v) is 1.30. The number of hydrogen-bond acceptors (Lipinski definition) is 1. The van der Waals surface area contributed by atoms with Crippen molar-refractivity contribution >= 4 is 6.08 Å². The molecule has 0 aliphatic heterocycles. The Kier molecular flexibility index (Phi) is 2.66. The van der Waals surface area contributed by atoms with Crippen LogP contribution < -0.4 is 0 Å². The monoisotopic (exact) mass is 148 g/mol. The molecule has 0 aliphatic carbocycles. The van der Waals surface area contributed by atoms with Crippen molar-refractivity contribution in [1.29, 1.82) is 0 Å². The van der Waals surface area contributed by atoms with Crippen molar-refractivity contribution in [1.82, 2.24) is 9.55 Å². The van der Waals surface area contributed by atoms with Crippen molar-refractivity contribution in [2.75, 3.05) is 0 Å². The molecule has 0 saturated heterocycles. The molecule has 0 amide bonds. The van der Waals surface area contributed by atoms with Gasteiger partial charge in [0.25, 0.3) is 0 Å². The molecule has 11 heavy (non-hydrogen) atoms. The van der Waals surface area contributed by atoms with Crippen molar-refractivity contribution in [2.45, 2.75) is 6.92 Å². The average molecular weight is 148 g/mol. The largest absolute Gasteiger partial charge is 0.340 e. The van der Waals surface area contributed by atoms with Gasteiger partial charge >= 0.3 is 0 Å². The van der Waals surface area contributed by atoms with E-state index in [-0.39, 0.29) is 0 Å². The predicted octanol–water partition coefficient (Wildman–Crippen LogP) is 2.01. The minimum atomic E-state index is 0.991. The van der Waals surface area contributed by atoms with Gasteiger partial charge in [-0.05, 0) is 13.0 Å². The van der Waals surface area contributed by atoms with Crippen LogP contribution in [-0.2, 0) is 7.05 Å². The number of aromatic nitrogens is 2. The third kappa shape index (κ3) is 2.42. The van der Waals surface area contributed by atoms with Crippen molar-refractivity contribution in [3.8, 4) is 0 Å². The normalized spacial score (nSPS) is 11.8. The predicted molar refractivity (Wildman–Crippen MR) is 47.1 cm³/mol. The van der Waals surface area contributed by atoms with Crippen LogP contribution in [0.1, 0.15) is 12.6 Å². The summed E-state index contributed by atoms with van der Waals surface area (Å²) in [6.07, 6.45) is 11.7. The van der Waals surface area contributed by atoms with Crippen molar-refractivity contribution in [3.05, 3.63) is 36.4 Å². The lowest BCUT2D eigenvalue weighted by molar-refractivity contribution is 0.913. The van der Waals surface area contributed by atoms with Gasteiger partial charge in [0.1, 0.15) is 0 Å². The van der Waals surface area contributed by atoms with E-state index >= 15 is 0 Å². The Labute approximate surface area is 66.9 Å². The topological polar surface area (TPSA) is 17.8 Å². The summed E-state index contributed by atoms with van der Waals surface area (Å²) in [5.74, 6) is 0. The highest BCUT2D eigenvalue weighted by molar-refractivity contribution is 5.45. The van der Waals surface area contributed by atoms with Crippen LogP contribution in [0.5, 0.6) is 0 Å². The van der Waals surface area contributed by atoms with Gasteiger partial charge in [0.05, 0.1) is 12.0 Å². The summed E-state index contributed by atoms with van der Waals surface area (Å²) in [7, 11) is 1.96. The Morgan fingerprint density at radius 1 is 1.45 bits per heavy atom. The zero-order chi connectivity index (χ0) is 8.10. The van der Waals surface area contributed by atoms with Crippen LogP contribution in [-0.4, -0.2) is 9.55 Å². The van der Waals surface area contributed by atoms with Crippen molar-refractivity contribution in [2.24, 2.45) is 7.05 Å². The second kappa shape index (κ2) is 3.76. The van der Waals surface area contributed by atoms with Gasteiger partial charge in [-0.15, -0.1) is 0 Å². The molecule has 0 aromatic carbocycles. The SMILES string of the molecule is C/C=C\C=C/c1cn(C)cn1. The molecule has 0 radical (unpaired) electrons. The van der Waals surface area contributed by atoms with Crippen molar-refractivity contribution in [3.63, 3.8) is 0 Å². The van der Waals surface area contributed by atoms with Gasteiger partial charge in [-0.2, -0.15) is 0 Å². The number of rotatable bonds is 2. The second-order valence-electron chi connectivity index (χ2n) is 2.35. The lowest BCUT2D eigenvalue weighted by atomic mass is 10.4. The lowest BCUT2D eigenvalue weighted by Crippen LogP contribution is -1.77. The van der Waals surface area contributed by atoms with Gasteiger partial charge in [0.15, 0.2) is 0 Å². The highest BCUT2D eigenvalue weighted by Crippen LogP contribution is 1.96. The molecule has 0 unspecified atom stereocenters. The minimum Gasteiger partial charge on any atom is -0.340 e. The van der Waals surface area contributed by atoms with Gasteiger partial charge in [0.2, 0.25) is 0 Å². The maximum Gasteiger partial charge on any atom is 0.0950 e. The van der Waals surface area contributed by atoms with E-state index in [1.807, 2.05) is 49.0 Å². The molecule has 1 heterocycles. The first kappa shape index (κ1) is 7.79. The molecule has 0 spiro atoms. The molecule has 0 N–H and O–H groups in total. The summed E-state index contributed by atoms with van der Waals surface area (Å²) in [4.78, 5) is 4.13. The molecule has 1 rings (SSSR count). The van der Waals surface area contributed by atoms with Gasteiger partial charge in [-0.25, -0.2) is 4.98 Å². The smallest absolute Gasteiger partial charge is 0.0950 e. The van der Waals surface area contributed by atoms with Crippen LogP contribution in [0.3, 0.4) is 0 Å². The maximum atomic E-state index is 4.13. The fourth-order valence-corrected chi connectivity index (χ4v) is 0.784. The third-order valence-electron chi connectivity index (χ3n) is 1.30. The zero-order valence-electron chi connectivity index (χ0n) is 6.86. The van der Waals surface area contributed by atoms with Crippen LogP contribution in [0, 0.1) is 0 Å². The number of nitrogens with zero attached hydrogens (tertiary/aromatic N) is 2. The highest BCUT2D eigenvalue weighted by Gasteiger charge is 1.86. The van der Waals surface area contributed by atoms with Crippen LogP contribution in [0.25, 0.3) is 6.08 Å². The number of imidazole rings is 1. The highest BCUT2D eigenvalue weighted by atomic mass is 15.0. The Bertz CT molecular complexity index is 269. The fraction of sp³-hybridized carbons (Fsp3) is 0.222. The summed E-state index contributed by atoms with van der Waals surface area (Å²) in [6, 6.07) is 0. The first-order valence-electron chi connectivity index (χ1n) is 3.60. The molecule has 0 saturated carbocycles. The Hall–Kier alpha value is -1.31. The summed E-state index contributed by atoms with van der Waals surface area (Å²) in [6.45, 7) is 1.99. The second-order valence-corrected chi connectivity index (χ2v) is 2.35. The minimum absolute atomic E-state index is 0.991. The van der Waals surface area contributed by atoms with Crippen LogP contribution in [0.4, 0.5) is 0 Å². The summed E-state index contributed by atoms with van der Waals surface area (Å²) >= 11 is 0.